The van der Waals surface area contributed by atoms with Crippen molar-refractivity contribution in [2.24, 2.45) is 17.1 Å². The zero-order valence-corrected chi connectivity index (χ0v) is 14.3. The number of ether oxygens (including phenoxy) is 1. The monoisotopic (exact) mass is 325 g/mol. The normalized spacial score (nSPS) is 27.5. The Hall–Kier alpha value is -2.14. The minimum atomic E-state index is -0.418. The predicted octanol–water partition coefficient (Wildman–Crippen LogP) is 2.58. The van der Waals surface area contributed by atoms with Gasteiger partial charge in [0.1, 0.15) is 5.82 Å². The van der Waals surface area contributed by atoms with Gasteiger partial charge in [0.15, 0.2) is 0 Å². The largest absolute Gasteiger partial charge is 0.377 e. The fourth-order valence-electron chi connectivity index (χ4n) is 4.77. The van der Waals surface area contributed by atoms with Crippen molar-refractivity contribution in [1.29, 1.82) is 0 Å². The molecule has 1 aliphatic carbocycles. The molecule has 0 spiro atoms. The number of anilines is 1. The van der Waals surface area contributed by atoms with Crippen molar-refractivity contribution < 1.29 is 9.53 Å². The van der Waals surface area contributed by atoms with E-state index in [1.807, 2.05) is 30.3 Å². The van der Waals surface area contributed by atoms with Crippen LogP contribution in [-0.2, 0) is 4.74 Å². The van der Waals surface area contributed by atoms with Crippen LogP contribution in [-0.4, -0.2) is 36.7 Å². The lowest BCUT2D eigenvalue weighted by atomic mass is 9.57. The first kappa shape index (κ1) is 15.4. The molecule has 126 valence electrons. The molecule has 4 rings (SSSR count). The third kappa shape index (κ3) is 2.04. The van der Waals surface area contributed by atoms with E-state index in [2.05, 4.69) is 25.8 Å². The molecular formula is C19H23N3O2. The van der Waals surface area contributed by atoms with E-state index in [4.69, 9.17) is 15.5 Å². The summed E-state index contributed by atoms with van der Waals surface area (Å²) in [6, 6.07) is 9.81. The molecule has 1 saturated carbocycles. The summed E-state index contributed by atoms with van der Waals surface area (Å²) in [6.45, 7) is 5.33. The van der Waals surface area contributed by atoms with Gasteiger partial charge in [-0.15, -0.1) is 0 Å². The summed E-state index contributed by atoms with van der Waals surface area (Å²) in [4.78, 5) is 18.9. The van der Waals surface area contributed by atoms with Crippen LogP contribution in [0.15, 0.2) is 30.3 Å². The van der Waals surface area contributed by atoms with E-state index in [1.165, 1.54) is 0 Å². The molecule has 0 radical (unpaired) electrons. The van der Waals surface area contributed by atoms with Crippen molar-refractivity contribution in [3.05, 3.63) is 35.9 Å². The van der Waals surface area contributed by atoms with Crippen molar-refractivity contribution in [3.8, 4) is 0 Å². The molecule has 2 aliphatic rings. The van der Waals surface area contributed by atoms with Crippen molar-refractivity contribution in [2.75, 3.05) is 18.6 Å². The molecule has 24 heavy (non-hydrogen) atoms. The van der Waals surface area contributed by atoms with Crippen molar-refractivity contribution in [3.63, 3.8) is 0 Å². The highest BCUT2D eigenvalue weighted by Crippen LogP contribution is 2.54. The van der Waals surface area contributed by atoms with Gasteiger partial charge in [0, 0.05) is 36.4 Å². The van der Waals surface area contributed by atoms with Crippen LogP contribution >= 0.6 is 0 Å². The molecule has 2 N–H and O–H groups in total. The van der Waals surface area contributed by atoms with Gasteiger partial charge in [0.2, 0.25) is 5.91 Å². The summed E-state index contributed by atoms with van der Waals surface area (Å²) < 4.78 is 5.89. The molecule has 2 aromatic rings. The van der Waals surface area contributed by atoms with E-state index >= 15 is 0 Å². The number of nitrogens with zero attached hydrogens (tertiary/aromatic N) is 2. The number of carbonyl (C=O) groups excluding carboxylic acids is 1. The van der Waals surface area contributed by atoms with Crippen LogP contribution in [0.3, 0.4) is 0 Å². The van der Waals surface area contributed by atoms with E-state index in [0.717, 1.165) is 29.7 Å². The first-order valence-electron chi connectivity index (χ1n) is 8.45. The van der Waals surface area contributed by atoms with E-state index in [9.17, 15) is 4.79 Å². The van der Waals surface area contributed by atoms with Gasteiger partial charge in [-0.3, -0.25) is 4.79 Å². The van der Waals surface area contributed by atoms with Crippen LogP contribution in [0.4, 0.5) is 5.82 Å². The topological polar surface area (TPSA) is 68.5 Å². The number of hydrogen-bond acceptors (Lipinski definition) is 4. The minimum Gasteiger partial charge on any atom is -0.377 e. The van der Waals surface area contributed by atoms with Crippen molar-refractivity contribution in [2.45, 2.75) is 32.4 Å². The fraction of sp³-hybridized carbons (Fsp3) is 0.474. The number of rotatable bonds is 3. The predicted molar refractivity (Wildman–Crippen MR) is 94.1 cm³/mol. The first-order valence-corrected chi connectivity index (χ1v) is 8.45. The lowest BCUT2D eigenvalue weighted by Crippen LogP contribution is -2.66. The third-order valence-corrected chi connectivity index (χ3v) is 5.79. The lowest BCUT2D eigenvalue weighted by molar-refractivity contribution is -0.101. The number of aromatic nitrogens is 1. The minimum absolute atomic E-state index is 0.0656. The Bertz CT molecular complexity index is 817. The van der Waals surface area contributed by atoms with Crippen LogP contribution in [0.25, 0.3) is 10.9 Å². The van der Waals surface area contributed by atoms with Crippen molar-refractivity contribution >= 4 is 22.6 Å². The molecule has 1 aromatic heterocycles. The summed E-state index contributed by atoms with van der Waals surface area (Å²) in [5.74, 6) is 0.902. The van der Waals surface area contributed by atoms with E-state index in [0.29, 0.717) is 23.6 Å². The molecule has 2 heterocycles. The summed E-state index contributed by atoms with van der Waals surface area (Å²) in [6.07, 6.45) is 1.40. The van der Waals surface area contributed by atoms with Crippen LogP contribution in [0.5, 0.6) is 0 Å². The number of amides is 1. The zero-order chi connectivity index (χ0) is 17.1. The first-order chi connectivity index (χ1) is 11.4. The molecule has 5 heteroatoms. The van der Waals surface area contributed by atoms with Gasteiger partial charge in [-0.1, -0.05) is 32.0 Å². The molecule has 0 bridgehead atoms. The average Bonchev–Trinajstić information content (AvgIpc) is 2.99. The van der Waals surface area contributed by atoms with Gasteiger partial charge in [-0.2, -0.15) is 0 Å². The SMILES string of the molecule is CN(c1cc(C(N)=O)c2ccccc2n1)[C@@H]1[C@@H]2CCO[C@@H]2C1(C)C. The van der Waals surface area contributed by atoms with Gasteiger partial charge < -0.3 is 15.4 Å². The Balaban J connectivity index is 1.77. The van der Waals surface area contributed by atoms with E-state index in [-0.39, 0.29) is 5.41 Å². The second-order valence-electron chi connectivity index (χ2n) is 7.53. The highest BCUT2D eigenvalue weighted by Gasteiger charge is 2.61. The Morgan fingerprint density at radius 1 is 1.38 bits per heavy atom. The molecule has 1 amide bonds. The second-order valence-corrected chi connectivity index (χ2v) is 7.53. The number of hydrogen-bond donors (Lipinski definition) is 1. The third-order valence-electron chi connectivity index (χ3n) is 5.79. The number of benzene rings is 1. The Morgan fingerprint density at radius 3 is 2.88 bits per heavy atom. The van der Waals surface area contributed by atoms with E-state index < -0.39 is 5.91 Å². The van der Waals surface area contributed by atoms with Crippen LogP contribution < -0.4 is 10.6 Å². The summed E-state index contributed by atoms with van der Waals surface area (Å²) >= 11 is 0. The summed E-state index contributed by atoms with van der Waals surface area (Å²) in [7, 11) is 2.06. The van der Waals surface area contributed by atoms with Gasteiger partial charge in [-0.25, -0.2) is 4.98 Å². The van der Waals surface area contributed by atoms with Gasteiger partial charge in [-0.05, 0) is 18.6 Å². The van der Waals surface area contributed by atoms with Gasteiger partial charge in [0.25, 0.3) is 0 Å². The average molecular weight is 325 g/mol. The van der Waals surface area contributed by atoms with Crippen molar-refractivity contribution in [1.82, 2.24) is 4.98 Å². The molecule has 0 unspecified atom stereocenters. The number of carbonyl (C=O) groups is 1. The smallest absolute Gasteiger partial charge is 0.249 e. The number of primary amides is 1. The van der Waals surface area contributed by atoms with Gasteiger partial charge in [0.05, 0.1) is 17.2 Å². The quantitative estimate of drug-likeness (QED) is 0.942. The molecule has 3 atom stereocenters. The Morgan fingerprint density at radius 2 is 2.12 bits per heavy atom. The number of nitrogens with two attached hydrogens (primary N) is 1. The summed E-state index contributed by atoms with van der Waals surface area (Å²) in [5.41, 5.74) is 7.00. The number of pyridine rings is 1. The molecule has 5 nitrogen and oxygen atoms in total. The highest BCUT2D eigenvalue weighted by atomic mass is 16.5. The zero-order valence-electron chi connectivity index (χ0n) is 14.3. The number of fused-ring (bicyclic) bond motifs is 2. The molecule has 1 aromatic carbocycles. The maximum atomic E-state index is 11.9. The van der Waals surface area contributed by atoms with Crippen LogP contribution in [0.1, 0.15) is 30.6 Å². The highest BCUT2D eigenvalue weighted by molar-refractivity contribution is 6.06. The Labute approximate surface area is 141 Å². The molecule has 1 aliphatic heterocycles. The Kier molecular flexibility index (Phi) is 3.32. The standard InChI is InChI=1S/C19H23N3O2/c1-19(2)16(12-8-9-24-17(12)19)22(3)15-10-13(18(20)23)11-6-4-5-7-14(11)21-15/h4-7,10,12,16-17H,8-9H2,1-3H3,(H2,20,23)/t12-,16+,17-/m0/s1. The summed E-state index contributed by atoms with van der Waals surface area (Å²) in [5, 5.41) is 0.803. The maximum absolute atomic E-state index is 11.9. The van der Waals surface area contributed by atoms with E-state index in [1.54, 1.807) is 0 Å². The molecule has 1 saturated heterocycles. The maximum Gasteiger partial charge on any atom is 0.249 e. The second kappa shape index (κ2) is 5.18. The molecular weight excluding hydrogens is 302 g/mol. The fourth-order valence-corrected chi connectivity index (χ4v) is 4.77. The molecule has 2 fully saturated rings. The van der Waals surface area contributed by atoms with Gasteiger partial charge >= 0.3 is 0 Å². The number of para-hydroxylation sites is 1. The van der Waals surface area contributed by atoms with Crippen LogP contribution in [0, 0.1) is 11.3 Å². The lowest BCUT2D eigenvalue weighted by Gasteiger charge is -2.58. The van der Waals surface area contributed by atoms with Crippen LogP contribution in [0.2, 0.25) is 0 Å².